The molecular formula is C17H20F3N6O4+. The Bertz CT molecular complexity index is 831. The minimum atomic E-state index is -5.43. The van der Waals surface area contributed by atoms with Crippen molar-refractivity contribution in [2.24, 2.45) is 5.73 Å². The fraction of sp³-hybridized carbons (Fsp3) is 0.529. The summed E-state index contributed by atoms with van der Waals surface area (Å²) in [4.78, 5) is 49.2. The van der Waals surface area contributed by atoms with E-state index in [2.05, 4.69) is 20.1 Å². The molecule has 0 saturated carbocycles. The van der Waals surface area contributed by atoms with E-state index in [-0.39, 0.29) is 44.3 Å². The van der Waals surface area contributed by atoms with Crippen LogP contribution in [0.25, 0.3) is 0 Å². The molecule has 10 nitrogen and oxygen atoms in total. The van der Waals surface area contributed by atoms with Gasteiger partial charge in [0.05, 0.1) is 6.20 Å². The van der Waals surface area contributed by atoms with E-state index in [9.17, 15) is 32.8 Å². The van der Waals surface area contributed by atoms with E-state index in [4.69, 9.17) is 5.73 Å². The molecule has 162 valence electrons. The molecule has 1 aromatic heterocycles. The number of nitrogens with zero attached hydrogens (tertiary/aromatic N) is 4. The number of carbonyl (C=O) groups is 3. The first-order valence-electron chi connectivity index (χ1n) is 8.99. The van der Waals surface area contributed by atoms with Gasteiger partial charge in [0.1, 0.15) is 24.5 Å². The van der Waals surface area contributed by atoms with Crippen molar-refractivity contribution in [2.45, 2.75) is 43.4 Å². The molecule has 1 aliphatic rings. The first kappa shape index (κ1) is 23.2. The Morgan fingerprint density at radius 2 is 2.20 bits per heavy atom. The van der Waals surface area contributed by atoms with Crippen LogP contribution in [0.15, 0.2) is 18.6 Å². The van der Waals surface area contributed by atoms with E-state index >= 15 is 0 Å². The highest BCUT2D eigenvalue weighted by atomic mass is 19.4. The maximum atomic E-state index is 13.4. The lowest BCUT2D eigenvalue weighted by molar-refractivity contribution is -1.04. The molecule has 3 N–H and O–H groups in total. The highest BCUT2D eigenvalue weighted by Crippen LogP contribution is 2.39. The summed E-state index contributed by atoms with van der Waals surface area (Å²) in [5.41, 5.74) is 3.18. The second-order valence-electron chi connectivity index (χ2n) is 6.65. The summed E-state index contributed by atoms with van der Waals surface area (Å²) in [7, 11) is 0. The largest absolute Gasteiger partial charge is 0.497 e. The number of rotatable bonds is 7. The molecule has 0 aromatic carbocycles. The minimum Gasteiger partial charge on any atom is -0.354 e. The van der Waals surface area contributed by atoms with Crippen molar-refractivity contribution in [3.05, 3.63) is 18.6 Å². The first-order chi connectivity index (χ1) is 14.2. The maximum Gasteiger partial charge on any atom is 0.497 e. The number of alkyl halides is 3. The van der Waals surface area contributed by atoms with Crippen LogP contribution in [-0.4, -0.2) is 63.6 Å². The van der Waals surface area contributed by atoms with E-state index in [1.165, 1.54) is 18.6 Å². The number of hydrogen-bond acceptors (Lipinski definition) is 9. The molecule has 3 atom stereocenters. The molecule has 1 fully saturated rings. The number of nitrogens with two attached hydrogens (primary N) is 1. The van der Waals surface area contributed by atoms with E-state index in [0.717, 1.165) is 0 Å². The van der Waals surface area contributed by atoms with Crippen LogP contribution < -0.4 is 11.1 Å². The van der Waals surface area contributed by atoms with Gasteiger partial charge in [0, 0.05) is 25.2 Å². The number of anilines is 1. The Kier molecular flexibility index (Phi) is 7.06. The van der Waals surface area contributed by atoms with Gasteiger partial charge in [0.25, 0.3) is 5.54 Å². The zero-order valence-corrected chi connectivity index (χ0v) is 15.8. The first-order valence-corrected chi connectivity index (χ1v) is 8.99. The quantitative estimate of drug-likeness (QED) is 0.470. The zero-order valence-electron chi connectivity index (χ0n) is 15.8. The predicted molar refractivity (Wildman–Crippen MR) is 93.7 cm³/mol. The van der Waals surface area contributed by atoms with E-state index in [1.807, 2.05) is 0 Å². The van der Waals surface area contributed by atoms with Crippen LogP contribution in [0.2, 0.25) is 0 Å². The van der Waals surface area contributed by atoms with Crippen molar-refractivity contribution >= 4 is 24.0 Å². The Hall–Kier alpha value is -3.11. The molecular weight excluding hydrogens is 409 g/mol. The summed E-state index contributed by atoms with van der Waals surface area (Å²) in [6.07, 6.45) is -1.34. The monoisotopic (exact) mass is 429 g/mol. The van der Waals surface area contributed by atoms with Crippen LogP contribution in [0.3, 0.4) is 0 Å². The van der Waals surface area contributed by atoms with Crippen LogP contribution in [-0.2, 0) is 19.2 Å². The van der Waals surface area contributed by atoms with Crippen LogP contribution in [0, 0.1) is 11.3 Å². The molecule has 2 rings (SSSR count). The third-order valence-electron chi connectivity index (χ3n) is 4.77. The van der Waals surface area contributed by atoms with Gasteiger partial charge in [-0.15, -0.1) is 0 Å². The number of carbonyl (C=O) groups excluding carboxylic acids is 3. The summed E-state index contributed by atoms with van der Waals surface area (Å²) >= 11 is 0. The smallest absolute Gasteiger partial charge is 0.354 e. The normalized spacial score (nSPS) is 24.5. The van der Waals surface area contributed by atoms with Gasteiger partial charge in [-0.25, -0.2) is 14.6 Å². The molecule has 0 radical (unpaired) electrons. The molecule has 1 unspecified atom stereocenters. The summed E-state index contributed by atoms with van der Waals surface area (Å²) < 4.78 is 37.1. The van der Waals surface area contributed by atoms with Gasteiger partial charge in [-0.2, -0.15) is 18.4 Å². The Labute approximate surface area is 169 Å². The topological polar surface area (TPSA) is 148 Å². The Balaban J connectivity index is 2.51. The second kappa shape index (κ2) is 9.14. The lowest BCUT2D eigenvalue weighted by Crippen LogP contribution is -2.68. The number of nitrogens with one attached hydrogen (secondary N) is 1. The number of amides is 1. The highest BCUT2D eigenvalue weighted by Gasteiger charge is 2.68. The molecule has 1 saturated heterocycles. The van der Waals surface area contributed by atoms with Crippen molar-refractivity contribution in [3.8, 4) is 6.07 Å². The molecule has 13 heteroatoms. The summed E-state index contributed by atoms with van der Waals surface area (Å²) in [6.45, 7) is -0.306. The number of halogens is 3. The number of hydrogen-bond donors (Lipinski definition) is 2. The third kappa shape index (κ3) is 4.39. The van der Waals surface area contributed by atoms with E-state index in [0.29, 0.717) is 0 Å². The van der Waals surface area contributed by atoms with E-state index in [1.54, 1.807) is 6.07 Å². The van der Waals surface area contributed by atoms with Gasteiger partial charge >= 0.3 is 18.1 Å². The molecule has 0 bridgehead atoms. The molecule has 30 heavy (non-hydrogen) atoms. The number of aromatic nitrogens is 2. The average Bonchev–Trinajstić information content (AvgIpc) is 3.10. The minimum absolute atomic E-state index is 0.0118. The summed E-state index contributed by atoms with van der Waals surface area (Å²) in [5, 5.41) is 12.3. The highest BCUT2D eigenvalue weighted by molar-refractivity contribution is 5.84. The molecule has 1 aliphatic heterocycles. The molecule has 0 spiro atoms. The van der Waals surface area contributed by atoms with E-state index < -0.39 is 40.8 Å². The van der Waals surface area contributed by atoms with Gasteiger partial charge in [-0.1, -0.05) is 0 Å². The van der Waals surface area contributed by atoms with Gasteiger partial charge < -0.3 is 11.1 Å². The number of likely N-dealkylation sites (tertiary alicyclic amines) is 1. The number of aldehydes is 1. The van der Waals surface area contributed by atoms with Crippen molar-refractivity contribution in [1.29, 1.82) is 5.26 Å². The summed E-state index contributed by atoms with van der Waals surface area (Å²) in [6, 6.07) is 0.336. The van der Waals surface area contributed by atoms with Crippen molar-refractivity contribution < 1.29 is 37.0 Å². The SMILES string of the molecule is N#C[C@]1(C=O)CCC[N+]1(OC(=O)C(F)(F)F)C(=O)[C@H](CCCN)Nc1cnccn1. The predicted octanol–water partition coefficient (Wildman–Crippen LogP) is 0.615. The molecule has 1 aromatic rings. The van der Waals surface area contributed by atoms with Crippen LogP contribution in [0.1, 0.15) is 25.7 Å². The van der Waals surface area contributed by atoms with Crippen molar-refractivity contribution in [2.75, 3.05) is 18.4 Å². The fourth-order valence-electron chi connectivity index (χ4n) is 3.31. The van der Waals surface area contributed by atoms with Gasteiger partial charge in [-0.05, 0) is 24.0 Å². The third-order valence-corrected chi connectivity index (χ3v) is 4.77. The molecule has 1 amide bonds. The average molecular weight is 429 g/mol. The van der Waals surface area contributed by atoms with Gasteiger partial charge in [-0.3, -0.25) is 14.6 Å². The summed E-state index contributed by atoms with van der Waals surface area (Å²) in [5.74, 6) is -3.63. The Morgan fingerprint density at radius 3 is 2.73 bits per heavy atom. The van der Waals surface area contributed by atoms with Gasteiger partial charge in [0.15, 0.2) is 6.29 Å². The fourth-order valence-corrected chi connectivity index (χ4v) is 3.31. The zero-order chi connectivity index (χ0) is 22.4. The lowest BCUT2D eigenvalue weighted by atomic mass is 9.98. The Morgan fingerprint density at radius 1 is 1.47 bits per heavy atom. The van der Waals surface area contributed by atoms with Crippen molar-refractivity contribution in [1.82, 2.24) is 9.97 Å². The van der Waals surface area contributed by atoms with Crippen LogP contribution >= 0.6 is 0 Å². The number of nitriles is 1. The van der Waals surface area contributed by atoms with Gasteiger partial charge in [0.2, 0.25) is 0 Å². The molecule has 2 heterocycles. The standard InChI is InChI=1S/C17H20F3N6O4/c18-17(19,20)15(29)30-26(8-2-4-16(26,10-22)11-27)14(28)12(3-1-5-21)25-13-9-23-6-7-24-13/h6-7,9,11-12H,1-5,8,21H2,(H,24,25)/q+1/t12-,16-,26?/m0/s1. The number of hydroxylamine groups is 3. The number of quaternary nitrogens is 1. The molecule has 0 aliphatic carbocycles. The lowest BCUT2D eigenvalue weighted by Gasteiger charge is -2.37. The van der Waals surface area contributed by atoms with Crippen LogP contribution in [0.4, 0.5) is 19.0 Å². The van der Waals surface area contributed by atoms with Crippen LogP contribution in [0.5, 0.6) is 0 Å². The van der Waals surface area contributed by atoms with Crippen molar-refractivity contribution in [3.63, 3.8) is 0 Å². The second-order valence-corrected chi connectivity index (χ2v) is 6.65. The maximum absolute atomic E-state index is 13.4.